The number of halogens is 4. The van der Waals surface area contributed by atoms with Gasteiger partial charge in [-0.2, -0.15) is 13.2 Å². The van der Waals surface area contributed by atoms with Gasteiger partial charge in [0.2, 0.25) is 5.91 Å². The number of nitrogens with zero attached hydrogens (tertiary/aromatic N) is 4. The second kappa shape index (κ2) is 8.72. The van der Waals surface area contributed by atoms with E-state index in [1.807, 2.05) is 35.0 Å². The Hall–Kier alpha value is -2.84. The standard InChI is InChI=1S/C22H20ClF3N4O/c23-19-6-5-17(22(24,25)26)13-16(19)4-7-21(31)29-11-9-28(10-12-29)14-18-15-30-8-2-1-3-20(30)27-18/h1-8,13,15H,9-12,14H2/b7-4+. The fourth-order valence-electron chi connectivity index (χ4n) is 3.53. The van der Waals surface area contributed by atoms with Crippen molar-refractivity contribution in [3.8, 4) is 0 Å². The van der Waals surface area contributed by atoms with Gasteiger partial charge in [0.1, 0.15) is 5.65 Å². The van der Waals surface area contributed by atoms with E-state index in [1.54, 1.807) is 4.90 Å². The van der Waals surface area contributed by atoms with Crippen molar-refractivity contribution in [2.75, 3.05) is 26.2 Å². The van der Waals surface area contributed by atoms with Crippen LogP contribution in [0.1, 0.15) is 16.8 Å². The summed E-state index contributed by atoms with van der Waals surface area (Å²) in [6, 6.07) is 8.89. The smallest absolute Gasteiger partial charge is 0.337 e. The molecule has 0 N–H and O–H groups in total. The number of aromatic nitrogens is 2. The van der Waals surface area contributed by atoms with Crippen LogP contribution >= 0.6 is 11.6 Å². The summed E-state index contributed by atoms with van der Waals surface area (Å²) in [6.45, 7) is 3.15. The van der Waals surface area contributed by atoms with Crippen molar-refractivity contribution in [3.05, 3.63) is 76.7 Å². The van der Waals surface area contributed by atoms with Crippen molar-refractivity contribution < 1.29 is 18.0 Å². The monoisotopic (exact) mass is 448 g/mol. The number of amides is 1. The molecule has 0 radical (unpaired) electrons. The second-order valence-corrected chi connectivity index (χ2v) is 7.77. The molecular weight excluding hydrogens is 429 g/mol. The Balaban J connectivity index is 1.34. The highest BCUT2D eigenvalue weighted by Crippen LogP contribution is 2.32. The van der Waals surface area contributed by atoms with Gasteiger partial charge >= 0.3 is 6.18 Å². The van der Waals surface area contributed by atoms with E-state index in [2.05, 4.69) is 9.88 Å². The summed E-state index contributed by atoms with van der Waals surface area (Å²) in [6.07, 6.45) is 2.09. The molecule has 0 atom stereocenters. The topological polar surface area (TPSA) is 40.9 Å². The summed E-state index contributed by atoms with van der Waals surface area (Å²) in [5.74, 6) is -0.249. The summed E-state index contributed by atoms with van der Waals surface area (Å²) in [5, 5.41) is 0.161. The molecule has 162 valence electrons. The van der Waals surface area contributed by atoms with Gasteiger partial charge in [-0.1, -0.05) is 17.7 Å². The fourth-order valence-corrected chi connectivity index (χ4v) is 3.71. The first kappa shape index (κ1) is 21.4. The van der Waals surface area contributed by atoms with Crippen LogP contribution in [0.4, 0.5) is 13.2 Å². The number of piperazine rings is 1. The molecule has 0 bridgehead atoms. The molecule has 0 spiro atoms. The van der Waals surface area contributed by atoms with Crippen molar-refractivity contribution in [1.82, 2.24) is 19.2 Å². The largest absolute Gasteiger partial charge is 0.416 e. The molecular formula is C22H20ClF3N4O. The van der Waals surface area contributed by atoms with E-state index in [9.17, 15) is 18.0 Å². The lowest BCUT2D eigenvalue weighted by Gasteiger charge is -2.33. The number of imidazole rings is 1. The number of pyridine rings is 1. The Kier molecular flexibility index (Phi) is 6.02. The Morgan fingerprint density at radius 1 is 1.13 bits per heavy atom. The van der Waals surface area contributed by atoms with Gasteiger partial charge in [0, 0.05) is 56.2 Å². The van der Waals surface area contributed by atoms with Gasteiger partial charge in [-0.25, -0.2) is 4.98 Å². The first-order chi connectivity index (χ1) is 14.8. The lowest BCUT2D eigenvalue weighted by molar-refractivity contribution is -0.137. The number of fused-ring (bicyclic) bond motifs is 1. The van der Waals surface area contributed by atoms with Gasteiger partial charge in [-0.3, -0.25) is 9.69 Å². The number of alkyl halides is 3. The van der Waals surface area contributed by atoms with Crippen molar-refractivity contribution in [2.45, 2.75) is 12.7 Å². The van der Waals surface area contributed by atoms with Gasteiger partial charge in [0.05, 0.1) is 11.3 Å². The maximum absolute atomic E-state index is 12.9. The van der Waals surface area contributed by atoms with E-state index in [0.29, 0.717) is 32.7 Å². The van der Waals surface area contributed by atoms with Gasteiger partial charge in [-0.15, -0.1) is 0 Å². The molecule has 3 heterocycles. The van der Waals surface area contributed by atoms with Gasteiger partial charge in [0.15, 0.2) is 0 Å². The number of carbonyl (C=O) groups excluding carboxylic acids is 1. The lowest BCUT2D eigenvalue weighted by atomic mass is 10.1. The highest BCUT2D eigenvalue weighted by molar-refractivity contribution is 6.32. The molecule has 0 aliphatic carbocycles. The zero-order valence-electron chi connectivity index (χ0n) is 16.5. The van der Waals surface area contributed by atoms with Crippen molar-refractivity contribution >= 4 is 29.2 Å². The highest BCUT2D eigenvalue weighted by atomic mass is 35.5. The number of rotatable bonds is 4. The number of benzene rings is 1. The molecule has 1 amide bonds. The molecule has 9 heteroatoms. The van der Waals surface area contributed by atoms with Crippen LogP contribution in [-0.2, 0) is 17.5 Å². The third-order valence-electron chi connectivity index (χ3n) is 5.21. The van der Waals surface area contributed by atoms with Gasteiger partial charge in [0.25, 0.3) is 0 Å². The molecule has 5 nitrogen and oxygen atoms in total. The molecule has 0 saturated carbocycles. The van der Waals surface area contributed by atoms with Crippen LogP contribution in [0.2, 0.25) is 5.02 Å². The minimum Gasteiger partial charge on any atom is -0.337 e. The molecule has 2 aromatic heterocycles. The first-order valence-electron chi connectivity index (χ1n) is 9.78. The van der Waals surface area contributed by atoms with E-state index < -0.39 is 11.7 Å². The molecule has 31 heavy (non-hydrogen) atoms. The second-order valence-electron chi connectivity index (χ2n) is 7.37. The van der Waals surface area contributed by atoms with E-state index in [4.69, 9.17) is 11.6 Å². The van der Waals surface area contributed by atoms with Crippen LogP contribution in [0.25, 0.3) is 11.7 Å². The minimum atomic E-state index is -4.46. The van der Waals surface area contributed by atoms with Crippen LogP contribution in [0.3, 0.4) is 0 Å². The fraction of sp³-hybridized carbons (Fsp3) is 0.273. The Labute approximate surface area is 182 Å². The molecule has 0 unspecified atom stereocenters. The number of hydrogen-bond acceptors (Lipinski definition) is 3. The maximum Gasteiger partial charge on any atom is 0.416 e. The average molecular weight is 449 g/mol. The summed E-state index contributed by atoms with van der Waals surface area (Å²) >= 11 is 5.98. The summed E-state index contributed by atoms with van der Waals surface area (Å²) < 4.78 is 40.6. The average Bonchev–Trinajstić information content (AvgIpc) is 3.15. The predicted octanol–water partition coefficient (Wildman–Crippen LogP) is 4.36. The first-order valence-corrected chi connectivity index (χ1v) is 10.2. The molecule has 1 aliphatic rings. The van der Waals surface area contributed by atoms with Crippen LogP contribution in [0.5, 0.6) is 0 Å². The van der Waals surface area contributed by atoms with E-state index in [-0.39, 0.29) is 16.5 Å². The van der Waals surface area contributed by atoms with E-state index in [0.717, 1.165) is 23.5 Å². The normalized spacial score (nSPS) is 15.8. The van der Waals surface area contributed by atoms with Gasteiger partial charge in [-0.05, 0) is 42.0 Å². The van der Waals surface area contributed by atoms with Crippen LogP contribution < -0.4 is 0 Å². The number of carbonyl (C=O) groups is 1. The third kappa shape index (κ3) is 5.08. The third-order valence-corrected chi connectivity index (χ3v) is 5.56. The molecule has 3 aromatic rings. The van der Waals surface area contributed by atoms with Crippen molar-refractivity contribution in [2.24, 2.45) is 0 Å². The quantitative estimate of drug-likeness (QED) is 0.557. The lowest BCUT2D eigenvalue weighted by Crippen LogP contribution is -2.47. The zero-order valence-corrected chi connectivity index (χ0v) is 17.3. The minimum absolute atomic E-state index is 0.161. The summed E-state index contributed by atoms with van der Waals surface area (Å²) in [7, 11) is 0. The molecule has 1 fully saturated rings. The predicted molar refractivity (Wildman–Crippen MR) is 113 cm³/mol. The zero-order chi connectivity index (χ0) is 22.0. The molecule has 4 rings (SSSR count). The summed E-state index contributed by atoms with van der Waals surface area (Å²) in [5.41, 5.74) is 1.22. The van der Waals surface area contributed by atoms with Crippen molar-refractivity contribution in [1.29, 1.82) is 0 Å². The van der Waals surface area contributed by atoms with Crippen molar-refractivity contribution in [3.63, 3.8) is 0 Å². The van der Waals surface area contributed by atoms with E-state index in [1.165, 1.54) is 18.2 Å². The van der Waals surface area contributed by atoms with E-state index >= 15 is 0 Å². The Morgan fingerprint density at radius 2 is 1.90 bits per heavy atom. The molecule has 1 aliphatic heterocycles. The Morgan fingerprint density at radius 3 is 2.61 bits per heavy atom. The maximum atomic E-state index is 12.9. The summed E-state index contributed by atoms with van der Waals surface area (Å²) in [4.78, 5) is 21.0. The van der Waals surface area contributed by atoms with Crippen LogP contribution in [-0.4, -0.2) is 51.3 Å². The SMILES string of the molecule is O=C(/C=C/c1cc(C(F)(F)F)ccc1Cl)N1CCN(Cc2cn3ccccc3n2)CC1. The highest BCUT2D eigenvalue weighted by Gasteiger charge is 2.30. The Bertz CT molecular complexity index is 1080. The molecule has 1 saturated heterocycles. The van der Waals surface area contributed by atoms with Gasteiger partial charge < -0.3 is 9.30 Å². The molecule has 1 aromatic carbocycles. The number of hydrogen-bond donors (Lipinski definition) is 0. The van der Waals surface area contributed by atoms with Crippen LogP contribution in [0, 0.1) is 0 Å². The van der Waals surface area contributed by atoms with Crippen LogP contribution in [0.15, 0.2) is 54.9 Å².